The van der Waals surface area contributed by atoms with E-state index in [2.05, 4.69) is 35.6 Å². The molecule has 0 saturated carbocycles. The van der Waals surface area contributed by atoms with E-state index in [1.165, 1.54) is 16.8 Å². The molecular formula is C17H19NO2. The van der Waals surface area contributed by atoms with E-state index in [1.54, 1.807) is 6.92 Å². The SMILES string of the molecule is CCOC(=O)/C=C(/Cc1ccc2ccccc2c1)NC. The van der Waals surface area contributed by atoms with Crippen LogP contribution in [0.25, 0.3) is 10.8 Å². The maximum Gasteiger partial charge on any atom is 0.332 e. The minimum absolute atomic E-state index is 0.308. The van der Waals surface area contributed by atoms with Crippen LogP contribution in [0.3, 0.4) is 0 Å². The molecule has 2 aromatic carbocycles. The lowest BCUT2D eigenvalue weighted by Crippen LogP contribution is -2.12. The lowest BCUT2D eigenvalue weighted by Gasteiger charge is -2.08. The highest BCUT2D eigenvalue weighted by Crippen LogP contribution is 2.17. The minimum atomic E-state index is -0.308. The van der Waals surface area contributed by atoms with E-state index in [0.717, 1.165) is 11.3 Å². The lowest BCUT2D eigenvalue weighted by atomic mass is 10.0. The van der Waals surface area contributed by atoms with Crippen LogP contribution in [0.2, 0.25) is 0 Å². The van der Waals surface area contributed by atoms with Gasteiger partial charge in [0, 0.05) is 25.2 Å². The van der Waals surface area contributed by atoms with Crippen molar-refractivity contribution in [3.05, 3.63) is 59.8 Å². The molecule has 1 N–H and O–H groups in total. The summed E-state index contributed by atoms with van der Waals surface area (Å²) in [4.78, 5) is 11.5. The first-order valence-corrected chi connectivity index (χ1v) is 6.75. The van der Waals surface area contributed by atoms with Gasteiger partial charge in [-0.2, -0.15) is 0 Å². The van der Waals surface area contributed by atoms with E-state index in [9.17, 15) is 4.79 Å². The van der Waals surface area contributed by atoms with Gasteiger partial charge in [0.05, 0.1) is 6.61 Å². The molecule has 0 saturated heterocycles. The van der Waals surface area contributed by atoms with E-state index in [1.807, 2.05) is 19.2 Å². The number of fused-ring (bicyclic) bond motifs is 1. The molecule has 0 bridgehead atoms. The van der Waals surface area contributed by atoms with Gasteiger partial charge in [0.1, 0.15) is 0 Å². The second-order valence-corrected chi connectivity index (χ2v) is 4.53. The van der Waals surface area contributed by atoms with Crippen molar-refractivity contribution in [2.24, 2.45) is 0 Å². The first kappa shape index (κ1) is 14.1. The molecule has 104 valence electrons. The Labute approximate surface area is 119 Å². The highest BCUT2D eigenvalue weighted by molar-refractivity contribution is 5.84. The minimum Gasteiger partial charge on any atom is -0.463 e. The van der Waals surface area contributed by atoms with Crippen molar-refractivity contribution in [2.75, 3.05) is 13.7 Å². The fourth-order valence-corrected chi connectivity index (χ4v) is 2.11. The van der Waals surface area contributed by atoms with Crippen LogP contribution in [0.5, 0.6) is 0 Å². The van der Waals surface area contributed by atoms with Crippen LogP contribution in [-0.2, 0) is 16.0 Å². The third kappa shape index (κ3) is 3.60. The van der Waals surface area contributed by atoms with Gasteiger partial charge >= 0.3 is 5.97 Å². The molecular weight excluding hydrogens is 250 g/mol. The number of allylic oxidation sites excluding steroid dienone is 1. The molecule has 0 fully saturated rings. The van der Waals surface area contributed by atoms with Crippen molar-refractivity contribution in [1.29, 1.82) is 0 Å². The Hall–Kier alpha value is -2.29. The maximum atomic E-state index is 11.5. The molecule has 0 spiro atoms. The zero-order valence-electron chi connectivity index (χ0n) is 11.8. The van der Waals surface area contributed by atoms with Gasteiger partial charge in [-0.25, -0.2) is 4.79 Å². The van der Waals surface area contributed by atoms with Gasteiger partial charge in [-0.15, -0.1) is 0 Å². The van der Waals surface area contributed by atoms with Crippen molar-refractivity contribution in [1.82, 2.24) is 5.32 Å². The third-order valence-corrected chi connectivity index (χ3v) is 3.11. The number of nitrogens with one attached hydrogen (secondary N) is 1. The predicted molar refractivity (Wildman–Crippen MR) is 81.4 cm³/mol. The Balaban J connectivity index is 2.19. The molecule has 0 amide bonds. The Bertz CT molecular complexity index is 632. The Morgan fingerprint density at radius 2 is 1.95 bits per heavy atom. The average Bonchev–Trinajstić information content (AvgIpc) is 2.46. The molecule has 0 aliphatic heterocycles. The van der Waals surface area contributed by atoms with E-state index in [0.29, 0.717) is 13.0 Å². The van der Waals surface area contributed by atoms with Crippen LogP contribution < -0.4 is 5.32 Å². The summed E-state index contributed by atoms with van der Waals surface area (Å²) in [6.07, 6.45) is 2.19. The quantitative estimate of drug-likeness (QED) is 0.669. The molecule has 0 unspecified atom stereocenters. The summed E-state index contributed by atoms with van der Waals surface area (Å²) in [6.45, 7) is 2.19. The van der Waals surface area contributed by atoms with Crippen LogP contribution in [-0.4, -0.2) is 19.6 Å². The summed E-state index contributed by atoms with van der Waals surface area (Å²) in [7, 11) is 1.81. The molecule has 2 aromatic rings. The number of carbonyl (C=O) groups excluding carboxylic acids is 1. The van der Waals surface area contributed by atoms with Gasteiger partial charge in [-0.3, -0.25) is 0 Å². The fraction of sp³-hybridized carbons (Fsp3) is 0.235. The van der Waals surface area contributed by atoms with Crippen LogP contribution in [0, 0.1) is 0 Å². The summed E-state index contributed by atoms with van der Waals surface area (Å²) in [6, 6.07) is 14.6. The van der Waals surface area contributed by atoms with E-state index >= 15 is 0 Å². The van der Waals surface area contributed by atoms with E-state index < -0.39 is 0 Å². The van der Waals surface area contributed by atoms with Crippen LogP contribution in [0.4, 0.5) is 0 Å². The molecule has 3 nitrogen and oxygen atoms in total. The largest absolute Gasteiger partial charge is 0.463 e. The highest BCUT2D eigenvalue weighted by atomic mass is 16.5. The van der Waals surface area contributed by atoms with Gasteiger partial charge in [0.25, 0.3) is 0 Å². The van der Waals surface area contributed by atoms with Crippen molar-refractivity contribution < 1.29 is 9.53 Å². The predicted octanol–water partition coefficient (Wildman–Crippen LogP) is 3.05. The fourth-order valence-electron chi connectivity index (χ4n) is 2.11. The second kappa shape index (κ2) is 6.75. The first-order chi connectivity index (χ1) is 9.72. The summed E-state index contributed by atoms with van der Waals surface area (Å²) in [5.41, 5.74) is 2.01. The van der Waals surface area contributed by atoms with Crippen molar-refractivity contribution >= 4 is 16.7 Å². The Morgan fingerprint density at radius 3 is 2.65 bits per heavy atom. The van der Waals surface area contributed by atoms with Gasteiger partial charge in [0.2, 0.25) is 0 Å². The molecule has 0 atom stereocenters. The number of carbonyl (C=O) groups is 1. The number of likely N-dealkylation sites (N-methyl/N-ethyl adjacent to an activating group) is 1. The molecule has 0 radical (unpaired) electrons. The van der Waals surface area contributed by atoms with Crippen LogP contribution in [0.1, 0.15) is 12.5 Å². The summed E-state index contributed by atoms with van der Waals surface area (Å²) in [5, 5.41) is 5.47. The Kier molecular flexibility index (Phi) is 4.77. The van der Waals surface area contributed by atoms with Crippen LogP contribution in [0.15, 0.2) is 54.2 Å². The van der Waals surface area contributed by atoms with Crippen molar-refractivity contribution in [3.63, 3.8) is 0 Å². The lowest BCUT2D eigenvalue weighted by molar-refractivity contribution is -0.137. The van der Waals surface area contributed by atoms with Crippen molar-refractivity contribution in [3.8, 4) is 0 Å². The molecule has 2 rings (SSSR count). The number of esters is 1. The standard InChI is InChI=1S/C17H19NO2/c1-3-20-17(19)12-16(18-2)11-13-8-9-14-6-4-5-7-15(14)10-13/h4-10,12,18H,3,11H2,1-2H3/b16-12-. The monoisotopic (exact) mass is 269 g/mol. The number of benzene rings is 2. The first-order valence-electron chi connectivity index (χ1n) is 6.75. The topological polar surface area (TPSA) is 38.3 Å². The molecule has 20 heavy (non-hydrogen) atoms. The molecule has 0 aliphatic carbocycles. The molecule has 3 heteroatoms. The smallest absolute Gasteiger partial charge is 0.332 e. The van der Waals surface area contributed by atoms with Gasteiger partial charge in [0.15, 0.2) is 0 Å². The summed E-state index contributed by atoms with van der Waals surface area (Å²) < 4.78 is 4.93. The maximum absolute atomic E-state index is 11.5. The van der Waals surface area contributed by atoms with Crippen molar-refractivity contribution in [2.45, 2.75) is 13.3 Å². The highest BCUT2D eigenvalue weighted by Gasteiger charge is 2.03. The zero-order valence-corrected chi connectivity index (χ0v) is 11.8. The van der Waals surface area contributed by atoms with Gasteiger partial charge in [-0.1, -0.05) is 42.5 Å². The molecule has 0 aromatic heterocycles. The van der Waals surface area contributed by atoms with Crippen LogP contribution >= 0.6 is 0 Å². The summed E-state index contributed by atoms with van der Waals surface area (Å²) >= 11 is 0. The summed E-state index contributed by atoms with van der Waals surface area (Å²) in [5.74, 6) is -0.308. The van der Waals surface area contributed by atoms with E-state index in [-0.39, 0.29) is 5.97 Å². The van der Waals surface area contributed by atoms with Gasteiger partial charge < -0.3 is 10.1 Å². The molecule has 0 aliphatic rings. The Morgan fingerprint density at radius 1 is 1.20 bits per heavy atom. The molecule has 0 heterocycles. The number of ether oxygens (including phenoxy) is 1. The number of rotatable bonds is 5. The second-order valence-electron chi connectivity index (χ2n) is 4.53. The van der Waals surface area contributed by atoms with E-state index in [4.69, 9.17) is 4.74 Å². The van der Waals surface area contributed by atoms with Gasteiger partial charge in [-0.05, 0) is 23.3 Å². The zero-order chi connectivity index (χ0) is 14.4. The normalized spacial score (nSPS) is 11.4. The number of hydrogen-bond donors (Lipinski definition) is 1. The average molecular weight is 269 g/mol. The third-order valence-electron chi connectivity index (χ3n) is 3.11. The number of hydrogen-bond acceptors (Lipinski definition) is 3.